The summed E-state index contributed by atoms with van der Waals surface area (Å²) in [5.74, 6) is 1.45. The Morgan fingerprint density at radius 2 is 2.11 bits per heavy atom. The summed E-state index contributed by atoms with van der Waals surface area (Å²) in [5, 5.41) is 7.81. The number of pyridine rings is 1. The first-order valence-electron chi connectivity index (χ1n) is 6.68. The van der Waals surface area contributed by atoms with E-state index in [0.717, 1.165) is 23.9 Å². The summed E-state index contributed by atoms with van der Waals surface area (Å²) in [6.45, 7) is 8.74. The lowest BCUT2D eigenvalue weighted by atomic mass is 10.0. The second-order valence-electron chi connectivity index (χ2n) is 5.24. The molecule has 0 radical (unpaired) electrons. The average Bonchev–Trinajstić information content (AvgIpc) is 2.69. The molecule has 2 atom stereocenters. The van der Waals surface area contributed by atoms with Crippen LogP contribution in [-0.2, 0) is 0 Å². The van der Waals surface area contributed by atoms with Gasteiger partial charge in [0.1, 0.15) is 0 Å². The molecule has 2 unspecified atom stereocenters. The molecule has 0 aromatic carbocycles. The van der Waals surface area contributed by atoms with E-state index < -0.39 is 0 Å². The van der Waals surface area contributed by atoms with Crippen molar-refractivity contribution in [1.82, 2.24) is 14.6 Å². The van der Waals surface area contributed by atoms with Gasteiger partial charge in [-0.05, 0) is 37.8 Å². The standard InChI is InChI=1S/C14H22N4/c1-5-10(2)8-12(4)15-14-16-13-7-6-11(3)9-18(13)17-14/h6-7,9-10,12H,5,8H2,1-4H3,(H,15,17). The van der Waals surface area contributed by atoms with Gasteiger partial charge in [0.25, 0.3) is 0 Å². The maximum atomic E-state index is 4.47. The molecule has 2 aromatic rings. The maximum absolute atomic E-state index is 4.47. The molecule has 0 amide bonds. The van der Waals surface area contributed by atoms with Crippen LogP contribution >= 0.6 is 0 Å². The highest BCUT2D eigenvalue weighted by atomic mass is 15.3. The Labute approximate surface area is 108 Å². The van der Waals surface area contributed by atoms with E-state index in [1.54, 1.807) is 0 Å². The number of rotatable bonds is 5. The van der Waals surface area contributed by atoms with Gasteiger partial charge in [-0.3, -0.25) is 0 Å². The Morgan fingerprint density at radius 1 is 1.33 bits per heavy atom. The Balaban J connectivity index is 2.07. The zero-order chi connectivity index (χ0) is 13.1. The first-order chi connectivity index (χ1) is 8.58. The number of hydrogen-bond donors (Lipinski definition) is 1. The van der Waals surface area contributed by atoms with Crippen LogP contribution in [0.4, 0.5) is 5.95 Å². The van der Waals surface area contributed by atoms with E-state index in [2.05, 4.69) is 49.2 Å². The molecule has 0 saturated carbocycles. The Bertz CT molecular complexity index is 517. The number of nitrogens with one attached hydrogen (secondary N) is 1. The number of aryl methyl sites for hydroxylation is 1. The first-order valence-corrected chi connectivity index (χ1v) is 6.68. The molecule has 0 aliphatic heterocycles. The number of aromatic nitrogens is 3. The van der Waals surface area contributed by atoms with Crippen LogP contribution in [0.5, 0.6) is 0 Å². The van der Waals surface area contributed by atoms with Crippen molar-refractivity contribution in [3.05, 3.63) is 23.9 Å². The van der Waals surface area contributed by atoms with E-state index in [4.69, 9.17) is 0 Å². The summed E-state index contributed by atoms with van der Waals surface area (Å²) in [5.41, 5.74) is 2.07. The van der Waals surface area contributed by atoms with E-state index in [-0.39, 0.29) is 0 Å². The average molecular weight is 246 g/mol. The number of hydrogen-bond acceptors (Lipinski definition) is 3. The van der Waals surface area contributed by atoms with Gasteiger partial charge >= 0.3 is 0 Å². The van der Waals surface area contributed by atoms with Gasteiger partial charge < -0.3 is 5.32 Å². The highest BCUT2D eigenvalue weighted by Gasteiger charge is 2.10. The normalized spacial score (nSPS) is 14.7. The highest BCUT2D eigenvalue weighted by Crippen LogP contribution is 2.13. The molecule has 0 bridgehead atoms. The molecule has 0 saturated heterocycles. The third kappa shape index (κ3) is 3.00. The minimum Gasteiger partial charge on any atom is -0.350 e. The van der Waals surface area contributed by atoms with Crippen LogP contribution in [0.1, 0.15) is 39.2 Å². The SMILES string of the molecule is CCC(C)CC(C)Nc1nc2ccc(C)cn2n1. The topological polar surface area (TPSA) is 42.2 Å². The van der Waals surface area contributed by atoms with E-state index in [9.17, 15) is 0 Å². The molecule has 2 rings (SSSR count). The fourth-order valence-electron chi connectivity index (χ4n) is 2.10. The molecule has 0 spiro atoms. The molecule has 18 heavy (non-hydrogen) atoms. The molecule has 4 heteroatoms. The van der Waals surface area contributed by atoms with Crippen molar-refractivity contribution in [2.24, 2.45) is 5.92 Å². The van der Waals surface area contributed by atoms with Gasteiger partial charge in [0, 0.05) is 12.2 Å². The molecular formula is C14H22N4. The van der Waals surface area contributed by atoms with Crippen molar-refractivity contribution in [2.45, 2.75) is 46.6 Å². The van der Waals surface area contributed by atoms with Crippen LogP contribution in [-0.4, -0.2) is 20.6 Å². The first kappa shape index (κ1) is 12.9. The van der Waals surface area contributed by atoms with Crippen LogP contribution < -0.4 is 5.32 Å². The predicted octanol–water partition coefficient (Wildman–Crippen LogP) is 3.27. The zero-order valence-electron chi connectivity index (χ0n) is 11.6. The lowest BCUT2D eigenvalue weighted by Crippen LogP contribution is -2.19. The van der Waals surface area contributed by atoms with E-state index in [1.165, 1.54) is 12.0 Å². The van der Waals surface area contributed by atoms with E-state index in [0.29, 0.717) is 6.04 Å². The third-order valence-electron chi connectivity index (χ3n) is 3.31. The minimum atomic E-state index is 0.401. The van der Waals surface area contributed by atoms with Gasteiger partial charge in [-0.25, -0.2) is 4.52 Å². The van der Waals surface area contributed by atoms with Gasteiger partial charge in [-0.15, -0.1) is 5.10 Å². The lowest BCUT2D eigenvalue weighted by Gasteiger charge is -2.16. The van der Waals surface area contributed by atoms with Gasteiger partial charge in [-0.1, -0.05) is 26.3 Å². The number of anilines is 1. The molecule has 98 valence electrons. The predicted molar refractivity (Wildman–Crippen MR) is 74.9 cm³/mol. The molecule has 2 heterocycles. The monoisotopic (exact) mass is 246 g/mol. The van der Waals surface area contributed by atoms with Crippen LogP contribution in [0.25, 0.3) is 5.65 Å². The number of nitrogens with zero attached hydrogens (tertiary/aromatic N) is 3. The Hall–Kier alpha value is -1.58. The quantitative estimate of drug-likeness (QED) is 0.880. The Morgan fingerprint density at radius 3 is 2.83 bits per heavy atom. The number of fused-ring (bicyclic) bond motifs is 1. The summed E-state index contributed by atoms with van der Waals surface area (Å²) in [7, 11) is 0. The summed E-state index contributed by atoms with van der Waals surface area (Å²) in [4.78, 5) is 4.47. The molecule has 0 fully saturated rings. The summed E-state index contributed by atoms with van der Waals surface area (Å²) < 4.78 is 1.83. The summed E-state index contributed by atoms with van der Waals surface area (Å²) in [6.07, 6.45) is 4.35. The third-order valence-corrected chi connectivity index (χ3v) is 3.31. The highest BCUT2D eigenvalue weighted by molar-refractivity contribution is 5.44. The van der Waals surface area contributed by atoms with Crippen molar-refractivity contribution >= 4 is 11.6 Å². The molecule has 0 aliphatic rings. The smallest absolute Gasteiger partial charge is 0.243 e. The van der Waals surface area contributed by atoms with E-state index in [1.807, 2.05) is 16.8 Å². The Kier molecular flexibility index (Phi) is 3.84. The molecule has 0 aliphatic carbocycles. The van der Waals surface area contributed by atoms with E-state index >= 15 is 0 Å². The summed E-state index contributed by atoms with van der Waals surface area (Å²) in [6, 6.07) is 4.45. The molecule has 2 aromatic heterocycles. The van der Waals surface area contributed by atoms with Crippen LogP contribution in [0.2, 0.25) is 0 Å². The van der Waals surface area contributed by atoms with Crippen LogP contribution in [0.3, 0.4) is 0 Å². The van der Waals surface area contributed by atoms with Gasteiger partial charge in [0.15, 0.2) is 5.65 Å². The van der Waals surface area contributed by atoms with Crippen molar-refractivity contribution in [1.29, 1.82) is 0 Å². The second-order valence-corrected chi connectivity index (χ2v) is 5.24. The maximum Gasteiger partial charge on any atom is 0.243 e. The molecular weight excluding hydrogens is 224 g/mol. The van der Waals surface area contributed by atoms with Crippen molar-refractivity contribution in [3.63, 3.8) is 0 Å². The largest absolute Gasteiger partial charge is 0.350 e. The lowest BCUT2D eigenvalue weighted by molar-refractivity contribution is 0.482. The fourth-order valence-corrected chi connectivity index (χ4v) is 2.10. The van der Waals surface area contributed by atoms with Crippen molar-refractivity contribution < 1.29 is 0 Å². The van der Waals surface area contributed by atoms with Gasteiger partial charge in [0.05, 0.1) is 0 Å². The second kappa shape index (κ2) is 5.38. The summed E-state index contributed by atoms with van der Waals surface area (Å²) >= 11 is 0. The van der Waals surface area contributed by atoms with Crippen molar-refractivity contribution in [3.8, 4) is 0 Å². The van der Waals surface area contributed by atoms with Crippen LogP contribution in [0, 0.1) is 12.8 Å². The zero-order valence-corrected chi connectivity index (χ0v) is 11.6. The van der Waals surface area contributed by atoms with Crippen molar-refractivity contribution in [2.75, 3.05) is 5.32 Å². The van der Waals surface area contributed by atoms with Gasteiger partial charge in [0.2, 0.25) is 5.95 Å². The molecule has 4 nitrogen and oxygen atoms in total. The fraction of sp³-hybridized carbons (Fsp3) is 0.571. The van der Waals surface area contributed by atoms with Crippen LogP contribution in [0.15, 0.2) is 18.3 Å². The minimum absolute atomic E-state index is 0.401. The van der Waals surface area contributed by atoms with Gasteiger partial charge in [-0.2, -0.15) is 4.98 Å². The molecule has 1 N–H and O–H groups in total.